The van der Waals surface area contributed by atoms with Crippen molar-refractivity contribution in [3.8, 4) is 0 Å². The average molecular weight is 285 g/mol. The maximum atomic E-state index is 12.0. The lowest BCUT2D eigenvalue weighted by Crippen LogP contribution is -1.96. The first-order valence-electron chi connectivity index (χ1n) is 5.02. The molecule has 0 fully saturated rings. The zero-order chi connectivity index (χ0) is 13.1. The molecule has 0 amide bonds. The van der Waals surface area contributed by atoms with Crippen molar-refractivity contribution >= 4 is 28.4 Å². The quantitative estimate of drug-likeness (QED) is 0.937. The third-order valence-electron chi connectivity index (χ3n) is 2.20. The van der Waals surface area contributed by atoms with Gasteiger partial charge in [-0.05, 0) is 30.3 Å². The fourth-order valence-electron chi connectivity index (χ4n) is 1.39. The predicted molar refractivity (Wildman–Crippen MR) is 67.2 cm³/mol. The van der Waals surface area contributed by atoms with Crippen LogP contribution in [-0.2, 0) is 16.6 Å². The van der Waals surface area contributed by atoms with E-state index >= 15 is 0 Å². The van der Waals surface area contributed by atoms with Gasteiger partial charge in [0.1, 0.15) is 5.76 Å². The van der Waals surface area contributed by atoms with E-state index < -0.39 is 16.8 Å². The first-order valence-corrected chi connectivity index (χ1v) is 6.72. The van der Waals surface area contributed by atoms with Gasteiger partial charge in [0.05, 0.1) is 16.6 Å². The molecule has 0 aliphatic heterocycles. The van der Waals surface area contributed by atoms with Gasteiger partial charge in [-0.1, -0.05) is 17.7 Å². The molecular formula is C12H9ClO4S. The number of hydrogen-bond acceptors (Lipinski definition) is 3. The van der Waals surface area contributed by atoms with Crippen molar-refractivity contribution < 1.29 is 18.5 Å². The molecule has 0 aliphatic rings. The fraction of sp³-hybridized carbons (Fsp3) is 0.0833. The normalized spacial score (nSPS) is 12.3. The van der Waals surface area contributed by atoms with E-state index in [0.29, 0.717) is 15.7 Å². The number of hydrogen-bond donors (Lipinski definition) is 1. The van der Waals surface area contributed by atoms with Gasteiger partial charge in [0.25, 0.3) is 0 Å². The lowest BCUT2D eigenvalue weighted by Gasteiger charge is -2.00. The van der Waals surface area contributed by atoms with Crippen molar-refractivity contribution in [2.75, 3.05) is 0 Å². The Morgan fingerprint density at radius 3 is 2.72 bits per heavy atom. The largest absolute Gasteiger partial charge is 0.475 e. The SMILES string of the molecule is O=C(O)c1ccc(CS(=O)c2cccc(Cl)c2)o1. The predicted octanol–water partition coefficient (Wildman–Crippen LogP) is 2.94. The Morgan fingerprint density at radius 1 is 1.33 bits per heavy atom. The third kappa shape index (κ3) is 3.00. The average Bonchev–Trinajstić information content (AvgIpc) is 2.77. The maximum Gasteiger partial charge on any atom is 0.371 e. The van der Waals surface area contributed by atoms with Gasteiger partial charge in [0, 0.05) is 9.92 Å². The number of furan rings is 1. The first kappa shape index (κ1) is 12.9. The molecule has 1 N–H and O–H groups in total. The van der Waals surface area contributed by atoms with Gasteiger partial charge in [-0.25, -0.2) is 4.79 Å². The van der Waals surface area contributed by atoms with Gasteiger partial charge < -0.3 is 9.52 Å². The lowest BCUT2D eigenvalue weighted by molar-refractivity contribution is 0.0661. The molecule has 2 rings (SSSR count). The van der Waals surface area contributed by atoms with Gasteiger partial charge in [-0.3, -0.25) is 4.21 Å². The Labute approximate surface area is 111 Å². The molecule has 1 heterocycles. The number of halogens is 1. The number of carbonyl (C=O) groups is 1. The van der Waals surface area contributed by atoms with E-state index in [2.05, 4.69) is 0 Å². The molecule has 0 spiro atoms. The first-order chi connectivity index (χ1) is 8.56. The Balaban J connectivity index is 2.13. The fourth-order valence-corrected chi connectivity index (χ4v) is 2.72. The number of aromatic carboxylic acids is 1. The number of rotatable bonds is 4. The molecule has 2 aromatic rings. The molecule has 1 aromatic heterocycles. The molecule has 1 atom stereocenters. The van der Waals surface area contributed by atoms with E-state index in [0.717, 1.165) is 0 Å². The summed E-state index contributed by atoms with van der Waals surface area (Å²) in [5.41, 5.74) is 0. The van der Waals surface area contributed by atoms with E-state index in [9.17, 15) is 9.00 Å². The summed E-state index contributed by atoms with van der Waals surface area (Å²) in [4.78, 5) is 11.2. The van der Waals surface area contributed by atoms with E-state index in [1.54, 1.807) is 24.3 Å². The molecule has 0 bridgehead atoms. The third-order valence-corrected chi connectivity index (χ3v) is 3.77. The van der Waals surface area contributed by atoms with Crippen LogP contribution in [0.25, 0.3) is 0 Å². The molecule has 18 heavy (non-hydrogen) atoms. The molecule has 0 aliphatic carbocycles. The summed E-state index contributed by atoms with van der Waals surface area (Å²) in [5.74, 6) is -0.818. The van der Waals surface area contributed by atoms with Crippen molar-refractivity contribution in [2.24, 2.45) is 0 Å². The van der Waals surface area contributed by atoms with Crippen LogP contribution >= 0.6 is 11.6 Å². The van der Waals surface area contributed by atoms with E-state index in [1.165, 1.54) is 12.1 Å². The van der Waals surface area contributed by atoms with E-state index in [4.69, 9.17) is 21.1 Å². The van der Waals surface area contributed by atoms with Gasteiger partial charge in [-0.15, -0.1) is 0 Å². The smallest absolute Gasteiger partial charge is 0.371 e. The highest BCUT2D eigenvalue weighted by atomic mass is 35.5. The summed E-state index contributed by atoms with van der Waals surface area (Å²) in [7, 11) is -1.32. The molecule has 0 radical (unpaired) electrons. The summed E-state index contributed by atoms with van der Waals surface area (Å²) >= 11 is 5.80. The molecule has 1 aromatic carbocycles. The monoisotopic (exact) mass is 284 g/mol. The van der Waals surface area contributed by atoms with Gasteiger partial charge in [0.2, 0.25) is 5.76 Å². The van der Waals surface area contributed by atoms with Crippen molar-refractivity contribution in [1.82, 2.24) is 0 Å². The Bertz CT molecular complexity index is 606. The van der Waals surface area contributed by atoms with Crippen LogP contribution < -0.4 is 0 Å². The zero-order valence-electron chi connectivity index (χ0n) is 9.13. The van der Waals surface area contributed by atoms with Crippen molar-refractivity contribution in [3.63, 3.8) is 0 Å². The molecule has 1 unspecified atom stereocenters. The van der Waals surface area contributed by atoms with Crippen molar-refractivity contribution in [3.05, 3.63) is 52.9 Å². The van der Waals surface area contributed by atoms with Crippen LogP contribution in [0.15, 0.2) is 45.7 Å². The lowest BCUT2D eigenvalue weighted by atomic mass is 10.4. The van der Waals surface area contributed by atoms with Crippen LogP contribution in [0.3, 0.4) is 0 Å². The van der Waals surface area contributed by atoms with Crippen LogP contribution in [0.5, 0.6) is 0 Å². The van der Waals surface area contributed by atoms with Crippen LogP contribution in [0.1, 0.15) is 16.3 Å². The molecule has 0 saturated carbocycles. The topological polar surface area (TPSA) is 67.5 Å². The number of carboxylic acids is 1. The van der Waals surface area contributed by atoms with Crippen molar-refractivity contribution in [2.45, 2.75) is 10.6 Å². The molecule has 94 valence electrons. The summed E-state index contributed by atoms with van der Waals surface area (Å²) < 4.78 is 17.0. The second kappa shape index (κ2) is 5.37. The second-order valence-electron chi connectivity index (χ2n) is 3.52. The second-order valence-corrected chi connectivity index (χ2v) is 5.41. The Hall–Kier alpha value is -1.59. The summed E-state index contributed by atoms with van der Waals surface area (Å²) in [6.07, 6.45) is 0. The van der Waals surface area contributed by atoms with Crippen LogP contribution in [0.4, 0.5) is 0 Å². The maximum absolute atomic E-state index is 12.0. The highest BCUT2D eigenvalue weighted by Gasteiger charge is 2.12. The minimum absolute atomic E-state index is 0.119. The van der Waals surface area contributed by atoms with Crippen LogP contribution in [0.2, 0.25) is 5.02 Å². The summed E-state index contributed by atoms with van der Waals surface area (Å²) in [5, 5.41) is 9.20. The zero-order valence-corrected chi connectivity index (χ0v) is 10.7. The highest BCUT2D eigenvalue weighted by molar-refractivity contribution is 7.84. The molecule has 4 nitrogen and oxygen atoms in total. The van der Waals surface area contributed by atoms with Gasteiger partial charge >= 0.3 is 5.97 Å². The minimum atomic E-state index is -1.32. The van der Waals surface area contributed by atoms with Crippen LogP contribution in [-0.4, -0.2) is 15.3 Å². The van der Waals surface area contributed by atoms with E-state index in [-0.39, 0.29) is 11.5 Å². The highest BCUT2D eigenvalue weighted by Crippen LogP contribution is 2.18. The molecular weight excluding hydrogens is 276 g/mol. The molecule has 6 heteroatoms. The summed E-state index contributed by atoms with van der Waals surface area (Å²) in [6.45, 7) is 0. The van der Waals surface area contributed by atoms with Crippen molar-refractivity contribution in [1.29, 1.82) is 0 Å². The summed E-state index contributed by atoms with van der Waals surface area (Å²) in [6, 6.07) is 9.55. The minimum Gasteiger partial charge on any atom is -0.475 e. The van der Waals surface area contributed by atoms with Crippen LogP contribution in [0, 0.1) is 0 Å². The number of carboxylic acid groups (broad SMARTS) is 1. The number of benzene rings is 1. The Kier molecular flexibility index (Phi) is 3.84. The van der Waals surface area contributed by atoms with E-state index in [1.807, 2.05) is 0 Å². The van der Waals surface area contributed by atoms with Gasteiger partial charge in [0.15, 0.2) is 0 Å². The van der Waals surface area contributed by atoms with Gasteiger partial charge in [-0.2, -0.15) is 0 Å². The standard InChI is InChI=1S/C12H9ClO4S/c13-8-2-1-3-10(6-8)18(16)7-9-4-5-11(17-9)12(14)15/h1-6H,7H2,(H,14,15). The molecule has 0 saturated heterocycles. The Morgan fingerprint density at radius 2 is 2.11 bits per heavy atom.